The van der Waals surface area contributed by atoms with Gasteiger partial charge in [-0.3, -0.25) is 15.0 Å². The van der Waals surface area contributed by atoms with Crippen LogP contribution in [-0.4, -0.2) is 18.4 Å². The minimum absolute atomic E-state index is 0.00844. The lowest BCUT2D eigenvalue weighted by Gasteiger charge is -2.13. The fraction of sp³-hybridized carbons (Fsp3) is 0.0526. The number of hydrazine groups is 1. The number of para-hydroxylation sites is 1. The molecule has 2 aromatic carbocycles. The molecule has 2 aromatic rings. The first-order chi connectivity index (χ1) is 12.5. The standard InChI is InChI=1S/C19H12BrClN2O3/c1-2-8-26-17-15(20)10-12(11-16(17)21)9-14-18(24)22-23(19(14)25)13-6-4-3-5-7-13/h1,3-7,9-11H,8H2,(H,22,24)/b14-9-. The van der Waals surface area contributed by atoms with Crippen LogP contribution in [0.1, 0.15) is 5.56 Å². The molecule has 5 nitrogen and oxygen atoms in total. The van der Waals surface area contributed by atoms with E-state index >= 15 is 0 Å². The molecule has 0 spiro atoms. The van der Waals surface area contributed by atoms with Gasteiger partial charge in [-0.1, -0.05) is 35.7 Å². The van der Waals surface area contributed by atoms with Crippen molar-refractivity contribution in [1.82, 2.24) is 5.43 Å². The molecule has 0 atom stereocenters. The number of hydrogen-bond acceptors (Lipinski definition) is 3. The monoisotopic (exact) mass is 430 g/mol. The number of terminal acetylenes is 1. The lowest BCUT2D eigenvalue weighted by molar-refractivity contribution is -0.117. The summed E-state index contributed by atoms with van der Waals surface area (Å²) >= 11 is 9.56. The van der Waals surface area contributed by atoms with E-state index in [1.165, 1.54) is 11.1 Å². The van der Waals surface area contributed by atoms with Crippen molar-refractivity contribution in [2.45, 2.75) is 0 Å². The Labute approximate surface area is 163 Å². The summed E-state index contributed by atoms with van der Waals surface area (Å²) in [5, 5.41) is 1.52. The van der Waals surface area contributed by atoms with Crippen LogP contribution in [0.5, 0.6) is 5.75 Å². The Morgan fingerprint density at radius 1 is 1.27 bits per heavy atom. The van der Waals surface area contributed by atoms with Gasteiger partial charge >= 0.3 is 0 Å². The van der Waals surface area contributed by atoms with Crippen molar-refractivity contribution < 1.29 is 14.3 Å². The molecular formula is C19H12BrClN2O3. The number of halogens is 2. The summed E-state index contributed by atoms with van der Waals surface area (Å²) in [7, 11) is 0. The zero-order valence-corrected chi connectivity index (χ0v) is 15.7. The van der Waals surface area contributed by atoms with Gasteiger partial charge < -0.3 is 4.74 Å². The average Bonchev–Trinajstić information content (AvgIpc) is 2.90. The highest BCUT2D eigenvalue weighted by molar-refractivity contribution is 9.10. The molecular weight excluding hydrogens is 420 g/mol. The molecule has 7 heteroatoms. The van der Waals surface area contributed by atoms with Crippen molar-refractivity contribution in [3.05, 3.63) is 63.1 Å². The summed E-state index contributed by atoms with van der Waals surface area (Å²) in [6, 6.07) is 12.1. The van der Waals surface area contributed by atoms with Crippen LogP contribution in [0.15, 0.2) is 52.5 Å². The maximum absolute atomic E-state index is 12.6. The van der Waals surface area contributed by atoms with Crippen molar-refractivity contribution >= 4 is 51.1 Å². The normalized spacial score (nSPS) is 15.1. The molecule has 130 valence electrons. The Morgan fingerprint density at radius 3 is 2.65 bits per heavy atom. The smallest absolute Gasteiger partial charge is 0.282 e. The summed E-state index contributed by atoms with van der Waals surface area (Å²) in [4.78, 5) is 24.8. The lowest BCUT2D eigenvalue weighted by Crippen LogP contribution is -2.35. The molecule has 1 aliphatic rings. The van der Waals surface area contributed by atoms with Gasteiger partial charge in [-0.15, -0.1) is 6.42 Å². The summed E-state index contributed by atoms with van der Waals surface area (Å²) in [6.07, 6.45) is 6.65. The third-order valence-electron chi connectivity index (χ3n) is 3.54. The largest absolute Gasteiger partial charge is 0.478 e. The number of nitrogens with zero attached hydrogens (tertiary/aromatic N) is 1. The van der Waals surface area contributed by atoms with Crippen LogP contribution in [-0.2, 0) is 9.59 Å². The fourth-order valence-electron chi connectivity index (χ4n) is 2.40. The zero-order valence-electron chi connectivity index (χ0n) is 13.3. The molecule has 26 heavy (non-hydrogen) atoms. The number of anilines is 1. The molecule has 1 aliphatic heterocycles. The second-order valence-electron chi connectivity index (χ2n) is 5.28. The fourth-order valence-corrected chi connectivity index (χ4v) is 3.39. The van der Waals surface area contributed by atoms with Gasteiger partial charge in [0.2, 0.25) is 0 Å². The molecule has 0 bridgehead atoms. The molecule has 0 aromatic heterocycles. The third-order valence-corrected chi connectivity index (χ3v) is 4.41. The van der Waals surface area contributed by atoms with E-state index in [1.807, 2.05) is 6.07 Å². The zero-order chi connectivity index (χ0) is 18.7. The Balaban J connectivity index is 1.92. The van der Waals surface area contributed by atoms with E-state index in [9.17, 15) is 9.59 Å². The first-order valence-electron chi connectivity index (χ1n) is 7.48. The Bertz CT molecular complexity index is 928. The van der Waals surface area contributed by atoms with Gasteiger partial charge in [0.1, 0.15) is 12.2 Å². The van der Waals surface area contributed by atoms with Crippen LogP contribution >= 0.6 is 27.5 Å². The summed E-state index contributed by atoms with van der Waals surface area (Å²) in [5.74, 6) is 1.83. The van der Waals surface area contributed by atoms with Crippen LogP contribution in [0.3, 0.4) is 0 Å². The number of hydrogen-bond donors (Lipinski definition) is 1. The predicted octanol–water partition coefficient (Wildman–Crippen LogP) is 3.58. The molecule has 0 radical (unpaired) electrons. The highest BCUT2D eigenvalue weighted by Crippen LogP contribution is 2.35. The molecule has 0 unspecified atom stereocenters. The van der Waals surface area contributed by atoms with E-state index in [-0.39, 0.29) is 12.2 Å². The minimum atomic E-state index is -0.487. The number of carbonyl (C=O) groups excluding carboxylic acids is 2. The summed E-state index contributed by atoms with van der Waals surface area (Å²) in [5.41, 5.74) is 3.70. The summed E-state index contributed by atoms with van der Waals surface area (Å²) in [6.45, 7) is 0.0751. The number of rotatable bonds is 4. The van der Waals surface area contributed by atoms with Gasteiger partial charge in [0.15, 0.2) is 5.75 Å². The van der Waals surface area contributed by atoms with Crippen molar-refractivity contribution in [3.63, 3.8) is 0 Å². The van der Waals surface area contributed by atoms with Gasteiger partial charge in [-0.2, -0.15) is 0 Å². The predicted molar refractivity (Wildman–Crippen MR) is 104 cm³/mol. The van der Waals surface area contributed by atoms with E-state index in [0.717, 1.165) is 0 Å². The maximum atomic E-state index is 12.6. The van der Waals surface area contributed by atoms with Crippen LogP contribution in [0.2, 0.25) is 5.02 Å². The maximum Gasteiger partial charge on any atom is 0.282 e. The molecule has 1 N–H and O–H groups in total. The lowest BCUT2D eigenvalue weighted by atomic mass is 10.1. The quantitative estimate of drug-likeness (QED) is 0.457. The van der Waals surface area contributed by atoms with Crippen LogP contribution < -0.4 is 15.2 Å². The van der Waals surface area contributed by atoms with Gasteiger partial charge in [0.05, 0.1) is 15.2 Å². The number of amides is 2. The first kappa shape index (κ1) is 18.1. The van der Waals surface area contributed by atoms with Crippen molar-refractivity contribution in [3.8, 4) is 18.1 Å². The number of carbonyl (C=O) groups is 2. The molecule has 0 saturated carbocycles. The van der Waals surface area contributed by atoms with Crippen molar-refractivity contribution in [1.29, 1.82) is 0 Å². The van der Waals surface area contributed by atoms with E-state index in [2.05, 4.69) is 27.3 Å². The van der Waals surface area contributed by atoms with E-state index < -0.39 is 11.8 Å². The molecule has 3 rings (SSSR count). The molecule has 1 saturated heterocycles. The third kappa shape index (κ3) is 3.59. The Kier molecular flexibility index (Phi) is 5.31. The number of nitrogens with one attached hydrogen (secondary N) is 1. The molecule has 1 heterocycles. The average molecular weight is 432 g/mol. The van der Waals surface area contributed by atoms with E-state index in [0.29, 0.717) is 26.5 Å². The summed E-state index contributed by atoms with van der Waals surface area (Å²) < 4.78 is 5.94. The molecule has 0 aliphatic carbocycles. The van der Waals surface area contributed by atoms with Crippen LogP contribution in [0.4, 0.5) is 5.69 Å². The second-order valence-corrected chi connectivity index (χ2v) is 6.54. The van der Waals surface area contributed by atoms with Crippen molar-refractivity contribution in [2.24, 2.45) is 0 Å². The first-order valence-corrected chi connectivity index (χ1v) is 8.66. The van der Waals surface area contributed by atoms with Gasteiger partial charge in [0.25, 0.3) is 11.8 Å². The Morgan fingerprint density at radius 2 is 2.00 bits per heavy atom. The second kappa shape index (κ2) is 7.65. The van der Waals surface area contributed by atoms with Crippen molar-refractivity contribution in [2.75, 3.05) is 11.6 Å². The number of ether oxygens (including phenoxy) is 1. The Hall–Kier alpha value is -2.75. The van der Waals surface area contributed by atoms with Crippen LogP contribution in [0, 0.1) is 12.3 Å². The SMILES string of the molecule is C#CCOc1c(Cl)cc(/C=C2/C(=O)NN(c3ccccc3)C2=O)cc1Br. The molecule has 1 fully saturated rings. The van der Waals surface area contributed by atoms with Gasteiger partial charge in [-0.25, -0.2) is 5.01 Å². The van der Waals surface area contributed by atoms with Crippen LogP contribution in [0.25, 0.3) is 6.08 Å². The molecule has 2 amide bonds. The van der Waals surface area contributed by atoms with Gasteiger partial charge in [0, 0.05) is 0 Å². The number of benzene rings is 2. The van der Waals surface area contributed by atoms with E-state index in [1.54, 1.807) is 36.4 Å². The van der Waals surface area contributed by atoms with E-state index in [4.69, 9.17) is 22.8 Å². The van der Waals surface area contributed by atoms with Gasteiger partial charge in [-0.05, 0) is 51.8 Å². The highest BCUT2D eigenvalue weighted by Gasteiger charge is 2.34. The highest BCUT2D eigenvalue weighted by atomic mass is 79.9. The minimum Gasteiger partial charge on any atom is -0.478 e. The topological polar surface area (TPSA) is 58.6 Å².